The van der Waals surface area contributed by atoms with Gasteiger partial charge in [-0.1, -0.05) is 18.0 Å². The Bertz CT molecular complexity index is 560. The van der Waals surface area contributed by atoms with Crippen molar-refractivity contribution >= 4 is 5.91 Å². The average Bonchev–Trinajstić information content (AvgIpc) is 3.08. The molecule has 22 heavy (non-hydrogen) atoms. The van der Waals surface area contributed by atoms with Crippen LogP contribution in [0.15, 0.2) is 4.52 Å². The second-order valence-electron chi connectivity index (χ2n) is 7.22. The molecule has 0 spiro atoms. The summed E-state index contributed by atoms with van der Waals surface area (Å²) < 4.78 is 5.51. The maximum Gasteiger partial charge on any atom is 0.231 e. The quantitative estimate of drug-likeness (QED) is 0.922. The number of aromatic nitrogens is 2. The first-order valence-electron chi connectivity index (χ1n) is 8.57. The molecule has 1 saturated heterocycles. The molecule has 0 bridgehead atoms. The van der Waals surface area contributed by atoms with Gasteiger partial charge < -0.3 is 15.2 Å². The molecule has 0 radical (unpaired) electrons. The van der Waals surface area contributed by atoms with Gasteiger partial charge in [-0.3, -0.25) is 4.79 Å². The number of hydrogen-bond donors (Lipinski definition) is 1. The third-order valence-corrected chi connectivity index (χ3v) is 5.39. The molecule has 1 aliphatic heterocycles. The highest BCUT2D eigenvalue weighted by molar-refractivity contribution is 5.81. The molecule has 1 unspecified atom stereocenters. The summed E-state index contributed by atoms with van der Waals surface area (Å²) in [5.74, 6) is 2.09. The molecule has 3 fully saturated rings. The Morgan fingerprint density at radius 1 is 1.23 bits per heavy atom. The van der Waals surface area contributed by atoms with Gasteiger partial charge in [-0.25, -0.2) is 0 Å². The van der Waals surface area contributed by atoms with Crippen LogP contribution in [-0.2, 0) is 10.3 Å². The molecule has 2 N–H and O–H groups in total. The molecule has 2 aliphatic carbocycles. The van der Waals surface area contributed by atoms with Crippen molar-refractivity contribution in [1.82, 2.24) is 15.0 Å². The number of rotatable bonds is 3. The van der Waals surface area contributed by atoms with Gasteiger partial charge >= 0.3 is 0 Å². The summed E-state index contributed by atoms with van der Waals surface area (Å²) >= 11 is 0. The van der Waals surface area contributed by atoms with Crippen LogP contribution in [0.5, 0.6) is 0 Å². The van der Waals surface area contributed by atoms with Crippen LogP contribution in [0.1, 0.15) is 69.0 Å². The Morgan fingerprint density at radius 2 is 2.00 bits per heavy atom. The minimum absolute atomic E-state index is 0.169. The molecule has 2 saturated carbocycles. The van der Waals surface area contributed by atoms with Gasteiger partial charge in [0.05, 0.1) is 11.5 Å². The van der Waals surface area contributed by atoms with Crippen LogP contribution >= 0.6 is 0 Å². The Labute approximate surface area is 130 Å². The zero-order valence-electron chi connectivity index (χ0n) is 13.0. The number of amides is 1. The minimum atomic E-state index is -0.403. The Kier molecular flexibility index (Phi) is 3.44. The van der Waals surface area contributed by atoms with Crippen LogP contribution in [0.2, 0.25) is 0 Å². The minimum Gasteiger partial charge on any atom is -0.342 e. The standard InChI is InChI=1S/C16H24N4O2/c17-16(7-1-2-8-16)15-18-13(22-19-15)12-4-3-9-20(10-12)14(21)11-5-6-11/h11-12H,1-10,17H2. The zero-order chi connectivity index (χ0) is 15.2. The number of carbonyl (C=O) groups excluding carboxylic acids is 1. The van der Waals surface area contributed by atoms with Gasteiger partial charge in [-0.2, -0.15) is 4.98 Å². The third-order valence-electron chi connectivity index (χ3n) is 5.39. The van der Waals surface area contributed by atoms with E-state index in [9.17, 15) is 4.79 Å². The molecule has 1 aromatic rings. The predicted octanol–water partition coefficient (Wildman–Crippen LogP) is 1.91. The number of hydrogen-bond acceptors (Lipinski definition) is 5. The predicted molar refractivity (Wildman–Crippen MR) is 79.9 cm³/mol. The Morgan fingerprint density at radius 3 is 2.73 bits per heavy atom. The fourth-order valence-corrected chi connectivity index (χ4v) is 3.80. The molecule has 1 amide bonds. The lowest BCUT2D eigenvalue weighted by Gasteiger charge is -2.31. The van der Waals surface area contributed by atoms with Crippen molar-refractivity contribution in [3.63, 3.8) is 0 Å². The molecule has 2 heterocycles. The summed E-state index contributed by atoms with van der Waals surface area (Å²) in [4.78, 5) is 18.8. The van der Waals surface area contributed by atoms with Crippen LogP contribution in [0, 0.1) is 5.92 Å². The van der Waals surface area contributed by atoms with Crippen molar-refractivity contribution in [2.75, 3.05) is 13.1 Å². The summed E-state index contributed by atoms with van der Waals surface area (Å²) in [6.45, 7) is 1.59. The molecular weight excluding hydrogens is 280 g/mol. The fourth-order valence-electron chi connectivity index (χ4n) is 3.80. The zero-order valence-corrected chi connectivity index (χ0v) is 13.0. The van der Waals surface area contributed by atoms with Crippen LogP contribution in [0.4, 0.5) is 0 Å². The second-order valence-corrected chi connectivity index (χ2v) is 7.22. The van der Waals surface area contributed by atoms with Crippen molar-refractivity contribution in [2.45, 2.75) is 62.8 Å². The van der Waals surface area contributed by atoms with Crippen LogP contribution < -0.4 is 5.73 Å². The highest BCUT2D eigenvalue weighted by Crippen LogP contribution is 2.37. The van der Waals surface area contributed by atoms with E-state index >= 15 is 0 Å². The number of nitrogens with two attached hydrogens (primary N) is 1. The van der Waals surface area contributed by atoms with E-state index in [2.05, 4.69) is 10.1 Å². The van der Waals surface area contributed by atoms with E-state index in [4.69, 9.17) is 10.3 Å². The lowest BCUT2D eigenvalue weighted by atomic mass is 9.96. The highest BCUT2D eigenvalue weighted by atomic mass is 16.5. The maximum absolute atomic E-state index is 12.2. The molecule has 6 heteroatoms. The second kappa shape index (κ2) is 5.33. The van der Waals surface area contributed by atoms with E-state index < -0.39 is 5.54 Å². The number of carbonyl (C=O) groups is 1. The maximum atomic E-state index is 12.2. The molecule has 0 aromatic carbocycles. The first kappa shape index (κ1) is 14.2. The van der Waals surface area contributed by atoms with Crippen molar-refractivity contribution in [1.29, 1.82) is 0 Å². The van der Waals surface area contributed by atoms with E-state index in [0.29, 0.717) is 24.2 Å². The normalized spacial score (nSPS) is 28.0. The lowest BCUT2D eigenvalue weighted by molar-refractivity contribution is -0.133. The average molecular weight is 304 g/mol. The van der Waals surface area contributed by atoms with Gasteiger partial charge in [0.25, 0.3) is 0 Å². The Balaban J connectivity index is 1.47. The van der Waals surface area contributed by atoms with Gasteiger partial charge in [0.15, 0.2) is 5.82 Å². The van der Waals surface area contributed by atoms with E-state index in [1.807, 2.05) is 4.90 Å². The summed E-state index contributed by atoms with van der Waals surface area (Å²) in [7, 11) is 0. The molecule has 1 atom stereocenters. The third kappa shape index (κ3) is 2.53. The van der Waals surface area contributed by atoms with Crippen molar-refractivity contribution in [3.8, 4) is 0 Å². The monoisotopic (exact) mass is 304 g/mol. The van der Waals surface area contributed by atoms with Gasteiger partial charge in [0, 0.05) is 19.0 Å². The summed E-state index contributed by atoms with van der Waals surface area (Å²) in [6.07, 6.45) is 8.26. The van der Waals surface area contributed by atoms with Crippen LogP contribution in [0.3, 0.4) is 0 Å². The first-order valence-corrected chi connectivity index (χ1v) is 8.57. The fraction of sp³-hybridized carbons (Fsp3) is 0.812. The van der Waals surface area contributed by atoms with E-state index in [0.717, 1.165) is 57.9 Å². The Hall–Kier alpha value is -1.43. The summed E-state index contributed by atoms with van der Waals surface area (Å²) in [6, 6.07) is 0. The molecule has 6 nitrogen and oxygen atoms in total. The van der Waals surface area contributed by atoms with E-state index in [1.54, 1.807) is 0 Å². The molecule has 1 aromatic heterocycles. The van der Waals surface area contributed by atoms with Crippen molar-refractivity contribution in [2.24, 2.45) is 11.7 Å². The van der Waals surface area contributed by atoms with E-state index in [1.165, 1.54) is 0 Å². The molecule has 3 aliphatic rings. The number of likely N-dealkylation sites (tertiary alicyclic amines) is 1. The van der Waals surface area contributed by atoms with Crippen molar-refractivity contribution < 1.29 is 9.32 Å². The lowest BCUT2D eigenvalue weighted by Crippen LogP contribution is -2.40. The molecular formula is C16H24N4O2. The molecule has 120 valence electrons. The van der Waals surface area contributed by atoms with Gasteiger partial charge in [-0.05, 0) is 38.5 Å². The number of piperidine rings is 1. The van der Waals surface area contributed by atoms with Gasteiger partial charge in [0.1, 0.15) is 0 Å². The van der Waals surface area contributed by atoms with Crippen LogP contribution in [-0.4, -0.2) is 34.0 Å². The topological polar surface area (TPSA) is 85.2 Å². The molecule has 4 rings (SSSR count). The van der Waals surface area contributed by atoms with E-state index in [-0.39, 0.29) is 11.8 Å². The largest absolute Gasteiger partial charge is 0.342 e. The van der Waals surface area contributed by atoms with Gasteiger partial charge in [0.2, 0.25) is 11.8 Å². The first-order chi connectivity index (χ1) is 10.7. The van der Waals surface area contributed by atoms with Gasteiger partial charge in [-0.15, -0.1) is 0 Å². The smallest absolute Gasteiger partial charge is 0.231 e. The SMILES string of the molecule is NC1(c2noc(C3CCCN(C(=O)C4CC4)C3)n2)CCCC1. The number of nitrogens with zero attached hydrogens (tertiary/aromatic N) is 3. The summed E-state index contributed by atoms with van der Waals surface area (Å²) in [5.41, 5.74) is 5.99. The summed E-state index contributed by atoms with van der Waals surface area (Å²) in [5, 5.41) is 4.15. The van der Waals surface area contributed by atoms with Crippen molar-refractivity contribution in [3.05, 3.63) is 11.7 Å². The highest BCUT2D eigenvalue weighted by Gasteiger charge is 2.39. The van der Waals surface area contributed by atoms with Crippen LogP contribution in [0.25, 0.3) is 0 Å².